The lowest BCUT2D eigenvalue weighted by Gasteiger charge is -2.25. The molecule has 6 heteroatoms. The van der Waals surface area contributed by atoms with Crippen LogP contribution in [0.5, 0.6) is 0 Å². The van der Waals surface area contributed by atoms with Gasteiger partial charge in [0, 0.05) is 6.42 Å². The maximum Gasteiger partial charge on any atom is 0.436 e. The van der Waals surface area contributed by atoms with Gasteiger partial charge in [-0.2, -0.15) is 13.2 Å². The second kappa shape index (κ2) is 3.98. The molecule has 1 aliphatic heterocycles. The fourth-order valence-corrected chi connectivity index (χ4v) is 1.98. The number of rotatable bonds is 1. The van der Waals surface area contributed by atoms with Crippen molar-refractivity contribution < 1.29 is 23.1 Å². The van der Waals surface area contributed by atoms with Gasteiger partial charge in [0.1, 0.15) is 0 Å². The Labute approximate surface area is 102 Å². The molecule has 2 atom stereocenters. The normalized spacial score (nSPS) is 28.3. The number of alkyl halides is 3. The first kappa shape index (κ1) is 12.9. The SMILES string of the molecule is Cc1ccc([C@@H]2C[C@](O)(C(F)(F)F)NC2=O)cc1. The van der Waals surface area contributed by atoms with Crippen molar-refractivity contribution in [1.29, 1.82) is 0 Å². The number of halogens is 3. The van der Waals surface area contributed by atoms with Gasteiger partial charge in [-0.25, -0.2) is 0 Å². The van der Waals surface area contributed by atoms with Crippen LogP contribution < -0.4 is 5.32 Å². The van der Waals surface area contributed by atoms with Crippen LogP contribution in [0.2, 0.25) is 0 Å². The summed E-state index contributed by atoms with van der Waals surface area (Å²) in [6.45, 7) is 1.84. The molecule has 1 aromatic rings. The Bertz CT molecular complexity index is 469. The Balaban J connectivity index is 2.28. The van der Waals surface area contributed by atoms with Gasteiger partial charge in [-0.3, -0.25) is 4.79 Å². The van der Waals surface area contributed by atoms with Crippen LogP contribution in [0.25, 0.3) is 0 Å². The molecule has 0 saturated carbocycles. The zero-order valence-corrected chi connectivity index (χ0v) is 9.58. The minimum absolute atomic E-state index is 0.471. The summed E-state index contributed by atoms with van der Waals surface area (Å²) in [7, 11) is 0. The van der Waals surface area contributed by atoms with E-state index in [1.807, 2.05) is 6.92 Å². The van der Waals surface area contributed by atoms with E-state index in [4.69, 9.17) is 0 Å². The van der Waals surface area contributed by atoms with E-state index in [9.17, 15) is 23.1 Å². The number of aryl methyl sites for hydroxylation is 1. The lowest BCUT2D eigenvalue weighted by molar-refractivity contribution is -0.266. The first-order valence-corrected chi connectivity index (χ1v) is 5.41. The molecule has 0 aliphatic carbocycles. The van der Waals surface area contributed by atoms with E-state index in [1.54, 1.807) is 29.6 Å². The predicted molar refractivity (Wildman–Crippen MR) is 57.7 cm³/mol. The smallest absolute Gasteiger partial charge is 0.363 e. The monoisotopic (exact) mass is 259 g/mol. The largest absolute Gasteiger partial charge is 0.436 e. The van der Waals surface area contributed by atoms with Crippen LogP contribution >= 0.6 is 0 Å². The van der Waals surface area contributed by atoms with Crippen LogP contribution in [0.1, 0.15) is 23.5 Å². The summed E-state index contributed by atoms with van der Waals surface area (Å²) in [5, 5.41) is 11.1. The van der Waals surface area contributed by atoms with Crippen molar-refractivity contribution >= 4 is 5.91 Å². The molecule has 1 heterocycles. The van der Waals surface area contributed by atoms with Crippen molar-refractivity contribution in [1.82, 2.24) is 5.32 Å². The molecule has 2 N–H and O–H groups in total. The van der Waals surface area contributed by atoms with Gasteiger partial charge in [0.2, 0.25) is 11.6 Å². The van der Waals surface area contributed by atoms with Gasteiger partial charge in [0.05, 0.1) is 5.92 Å². The lowest BCUT2D eigenvalue weighted by Crippen LogP contribution is -2.53. The van der Waals surface area contributed by atoms with Gasteiger partial charge in [-0.1, -0.05) is 29.8 Å². The zero-order valence-electron chi connectivity index (χ0n) is 9.58. The van der Waals surface area contributed by atoms with E-state index in [-0.39, 0.29) is 0 Å². The second-order valence-electron chi connectivity index (χ2n) is 4.51. The second-order valence-corrected chi connectivity index (χ2v) is 4.51. The number of nitrogens with one attached hydrogen (secondary N) is 1. The average Bonchev–Trinajstić information content (AvgIpc) is 2.56. The Hall–Kier alpha value is -1.56. The van der Waals surface area contributed by atoms with Gasteiger partial charge in [0.15, 0.2) is 0 Å². The Morgan fingerprint density at radius 3 is 2.33 bits per heavy atom. The molecule has 1 amide bonds. The topological polar surface area (TPSA) is 49.3 Å². The Morgan fingerprint density at radius 2 is 1.89 bits per heavy atom. The van der Waals surface area contributed by atoms with Crippen LogP contribution in [0, 0.1) is 6.92 Å². The van der Waals surface area contributed by atoms with Crippen LogP contribution in [0.3, 0.4) is 0 Å². The van der Waals surface area contributed by atoms with E-state index in [0.29, 0.717) is 5.56 Å². The number of hydrogen-bond donors (Lipinski definition) is 2. The van der Waals surface area contributed by atoms with E-state index in [1.165, 1.54) is 0 Å². The maximum atomic E-state index is 12.6. The average molecular weight is 259 g/mol. The van der Waals surface area contributed by atoms with Crippen LogP contribution in [0.15, 0.2) is 24.3 Å². The van der Waals surface area contributed by atoms with Gasteiger partial charge < -0.3 is 10.4 Å². The summed E-state index contributed by atoms with van der Waals surface area (Å²) in [5.74, 6) is -1.78. The van der Waals surface area contributed by atoms with E-state index in [2.05, 4.69) is 0 Å². The van der Waals surface area contributed by atoms with Crippen LogP contribution in [-0.4, -0.2) is 22.9 Å². The fourth-order valence-electron chi connectivity index (χ4n) is 1.98. The molecule has 1 aromatic carbocycles. The van der Waals surface area contributed by atoms with Crippen LogP contribution in [-0.2, 0) is 4.79 Å². The van der Waals surface area contributed by atoms with E-state index < -0.39 is 30.1 Å². The summed E-state index contributed by atoms with van der Waals surface area (Å²) in [6.07, 6.45) is -5.57. The highest BCUT2D eigenvalue weighted by Gasteiger charge is 2.60. The highest BCUT2D eigenvalue weighted by molar-refractivity contribution is 5.86. The molecule has 98 valence electrons. The number of hydrogen-bond acceptors (Lipinski definition) is 2. The van der Waals surface area contributed by atoms with Crippen molar-refractivity contribution in [3.8, 4) is 0 Å². The first-order chi connectivity index (χ1) is 8.23. The molecule has 0 bridgehead atoms. The standard InChI is InChI=1S/C12H12F3NO2/c1-7-2-4-8(5-3-7)9-6-11(18,12(13,14)15)16-10(9)17/h2-5,9,18H,6H2,1H3,(H,16,17)/t9-,11-/m0/s1. The third-order valence-electron chi connectivity index (χ3n) is 3.09. The molecule has 0 spiro atoms. The molecule has 18 heavy (non-hydrogen) atoms. The van der Waals surface area contributed by atoms with Crippen molar-refractivity contribution in [2.75, 3.05) is 0 Å². The third-order valence-corrected chi connectivity index (χ3v) is 3.09. The van der Waals surface area contributed by atoms with Crippen molar-refractivity contribution in [3.05, 3.63) is 35.4 Å². The highest BCUT2D eigenvalue weighted by atomic mass is 19.4. The zero-order chi connectivity index (χ0) is 13.6. The first-order valence-electron chi connectivity index (χ1n) is 5.41. The summed E-state index contributed by atoms with van der Waals surface area (Å²) in [5.41, 5.74) is -1.71. The summed E-state index contributed by atoms with van der Waals surface area (Å²) < 4.78 is 37.8. The number of carbonyl (C=O) groups is 1. The van der Waals surface area contributed by atoms with E-state index >= 15 is 0 Å². The van der Waals surface area contributed by atoms with Gasteiger partial charge >= 0.3 is 6.18 Å². The quantitative estimate of drug-likeness (QED) is 0.808. The fraction of sp³-hybridized carbons (Fsp3) is 0.417. The molecule has 0 radical (unpaired) electrons. The van der Waals surface area contributed by atoms with Crippen molar-refractivity contribution in [3.63, 3.8) is 0 Å². The number of amides is 1. The van der Waals surface area contributed by atoms with Gasteiger partial charge in [-0.15, -0.1) is 0 Å². The molecule has 1 saturated heterocycles. The molecule has 2 rings (SSSR count). The van der Waals surface area contributed by atoms with Gasteiger partial charge in [-0.05, 0) is 12.5 Å². The molecular formula is C12H12F3NO2. The number of benzene rings is 1. The third kappa shape index (κ3) is 2.08. The predicted octanol–water partition coefficient (Wildman–Crippen LogP) is 1.85. The lowest BCUT2D eigenvalue weighted by atomic mass is 9.93. The molecule has 3 nitrogen and oxygen atoms in total. The summed E-state index contributed by atoms with van der Waals surface area (Å²) in [4.78, 5) is 11.6. The molecule has 0 aromatic heterocycles. The van der Waals surface area contributed by atoms with E-state index in [0.717, 1.165) is 5.56 Å². The Kier molecular flexibility index (Phi) is 2.85. The Morgan fingerprint density at radius 1 is 1.33 bits per heavy atom. The van der Waals surface area contributed by atoms with Gasteiger partial charge in [0.25, 0.3) is 0 Å². The minimum Gasteiger partial charge on any atom is -0.363 e. The molecular weight excluding hydrogens is 247 g/mol. The van der Waals surface area contributed by atoms with Crippen LogP contribution in [0.4, 0.5) is 13.2 Å². The van der Waals surface area contributed by atoms with Crippen molar-refractivity contribution in [2.24, 2.45) is 0 Å². The summed E-state index contributed by atoms with van der Waals surface area (Å²) in [6, 6.07) is 6.63. The molecule has 1 aliphatic rings. The number of carbonyl (C=O) groups excluding carboxylic acids is 1. The number of aliphatic hydroxyl groups is 1. The minimum atomic E-state index is -4.87. The maximum absolute atomic E-state index is 12.6. The highest BCUT2D eigenvalue weighted by Crippen LogP contribution is 2.41. The summed E-state index contributed by atoms with van der Waals surface area (Å²) >= 11 is 0. The molecule has 1 fully saturated rings. The molecule has 0 unspecified atom stereocenters. The van der Waals surface area contributed by atoms with Crippen molar-refractivity contribution in [2.45, 2.75) is 31.2 Å².